The Kier molecular flexibility index (Phi) is 3.91. The smallest absolute Gasteiger partial charge is 0.257 e. The Labute approximate surface area is 127 Å². The Morgan fingerprint density at radius 2 is 1.86 bits per heavy atom. The highest BCUT2D eigenvalue weighted by atomic mass is 16.5. The van der Waals surface area contributed by atoms with Gasteiger partial charge in [-0.05, 0) is 36.4 Å². The van der Waals surface area contributed by atoms with Gasteiger partial charge in [0.25, 0.3) is 11.8 Å². The molecule has 0 fully saturated rings. The van der Waals surface area contributed by atoms with Crippen molar-refractivity contribution >= 4 is 11.6 Å². The number of benzene rings is 1. The van der Waals surface area contributed by atoms with Gasteiger partial charge in [0, 0.05) is 35.6 Å². The molecule has 0 saturated carbocycles. The van der Waals surface area contributed by atoms with Crippen molar-refractivity contribution in [2.45, 2.75) is 13.3 Å². The first-order chi connectivity index (χ1) is 10.8. The Balaban J connectivity index is 1.73. The van der Waals surface area contributed by atoms with Crippen molar-refractivity contribution in [3.63, 3.8) is 0 Å². The van der Waals surface area contributed by atoms with E-state index in [1.807, 2.05) is 19.1 Å². The van der Waals surface area contributed by atoms with Crippen LogP contribution in [0.2, 0.25) is 0 Å². The van der Waals surface area contributed by atoms with Crippen LogP contribution in [0, 0.1) is 0 Å². The Hall–Kier alpha value is -3.02. The SMILES string of the molecule is CCc1noc(-c2ccc(NC(=O)c3ccncc3)cc2)n1. The van der Waals surface area contributed by atoms with Gasteiger partial charge in [-0.2, -0.15) is 4.98 Å². The van der Waals surface area contributed by atoms with E-state index in [0.29, 0.717) is 23.0 Å². The summed E-state index contributed by atoms with van der Waals surface area (Å²) >= 11 is 0. The van der Waals surface area contributed by atoms with E-state index in [-0.39, 0.29) is 5.91 Å². The number of hydrogen-bond donors (Lipinski definition) is 1. The molecule has 0 aliphatic rings. The van der Waals surface area contributed by atoms with Crippen molar-refractivity contribution in [3.8, 4) is 11.5 Å². The summed E-state index contributed by atoms with van der Waals surface area (Å²) < 4.78 is 5.18. The largest absolute Gasteiger partial charge is 0.334 e. The fraction of sp³-hybridized carbons (Fsp3) is 0.125. The predicted octanol–water partition coefficient (Wildman–Crippen LogP) is 2.95. The molecule has 2 heterocycles. The van der Waals surface area contributed by atoms with Crippen molar-refractivity contribution in [2.75, 3.05) is 5.32 Å². The minimum Gasteiger partial charge on any atom is -0.334 e. The van der Waals surface area contributed by atoms with Gasteiger partial charge in [-0.1, -0.05) is 12.1 Å². The lowest BCUT2D eigenvalue weighted by Crippen LogP contribution is -2.11. The van der Waals surface area contributed by atoms with E-state index in [1.165, 1.54) is 0 Å². The monoisotopic (exact) mass is 294 g/mol. The van der Waals surface area contributed by atoms with Crippen LogP contribution >= 0.6 is 0 Å². The molecule has 0 aliphatic carbocycles. The Bertz CT molecular complexity index is 766. The zero-order valence-electron chi connectivity index (χ0n) is 12.0. The highest BCUT2D eigenvalue weighted by Gasteiger charge is 2.09. The number of nitrogens with zero attached hydrogens (tertiary/aromatic N) is 3. The maximum Gasteiger partial charge on any atom is 0.257 e. The van der Waals surface area contributed by atoms with Crippen LogP contribution in [-0.2, 0) is 6.42 Å². The highest BCUT2D eigenvalue weighted by molar-refractivity contribution is 6.04. The number of anilines is 1. The van der Waals surface area contributed by atoms with Crippen LogP contribution in [0.3, 0.4) is 0 Å². The molecule has 1 amide bonds. The maximum absolute atomic E-state index is 12.0. The van der Waals surface area contributed by atoms with Crippen molar-refractivity contribution < 1.29 is 9.32 Å². The molecule has 2 aromatic heterocycles. The quantitative estimate of drug-likeness (QED) is 0.800. The van der Waals surface area contributed by atoms with Crippen LogP contribution < -0.4 is 5.32 Å². The van der Waals surface area contributed by atoms with Gasteiger partial charge in [0.05, 0.1) is 0 Å². The first kappa shape index (κ1) is 13.9. The maximum atomic E-state index is 12.0. The lowest BCUT2D eigenvalue weighted by Gasteiger charge is -2.05. The molecular formula is C16H14N4O2. The summed E-state index contributed by atoms with van der Waals surface area (Å²) in [7, 11) is 0. The van der Waals surface area contributed by atoms with E-state index in [9.17, 15) is 4.79 Å². The summed E-state index contributed by atoms with van der Waals surface area (Å²) in [6.45, 7) is 1.96. The number of aromatic nitrogens is 3. The molecule has 22 heavy (non-hydrogen) atoms. The molecule has 0 radical (unpaired) electrons. The highest BCUT2D eigenvalue weighted by Crippen LogP contribution is 2.20. The van der Waals surface area contributed by atoms with Crippen LogP contribution in [0.1, 0.15) is 23.1 Å². The molecule has 6 nitrogen and oxygen atoms in total. The van der Waals surface area contributed by atoms with Crippen LogP contribution in [0.5, 0.6) is 0 Å². The van der Waals surface area contributed by atoms with Crippen LogP contribution in [-0.4, -0.2) is 21.0 Å². The summed E-state index contributed by atoms with van der Waals surface area (Å²) in [6.07, 6.45) is 3.89. The molecule has 3 rings (SSSR count). The Morgan fingerprint density at radius 1 is 1.14 bits per heavy atom. The molecule has 1 aromatic carbocycles. The second-order valence-electron chi connectivity index (χ2n) is 4.64. The number of aryl methyl sites for hydroxylation is 1. The summed E-state index contributed by atoms with van der Waals surface area (Å²) in [5.74, 6) is 0.968. The van der Waals surface area contributed by atoms with Crippen molar-refractivity contribution in [2.24, 2.45) is 0 Å². The third-order valence-corrected chi connectivity index (χ3v) is 3.12. The third kappa shape index (κ3) is 3.01. The zero-order chi connectivity index (χ0) is 15.4. The van der Waals surface area contributed by atoms with E-state index < -0.39 is 0 Å². The predicted molar refractivity (Wildman–Crippen MR) is 81.3 cm³/mol. The standard InChI is InChI=1S/C16H14N4O2/c1-2-14-19-16(22-20-14)12-3-5-13(6-4-12)18-15(21)11-7-9-17-10-8-11/h3-10H,2H2,1H3,(H,18,21). The molecule has 1 N–H and O–H groups in total. The second kappa shape index (κ2) is 6.17. The van der Waals surface area contributed by atoms with Crippen molar-refractivity contribution in [1.82, 2.24) is 15.1 Å². The molecule has 0 saturated heterocycles. The van der Waals surface area contributed by atoms with Gasteiger partial charge in [0.1, 0.15) is 0 Å². The van der Waals surface area contributed by atoms with Crippen molar-refractivity contribution in [3.05, 3.63) is 60.2 Å². The van der Waals surface area contributed by atoms with E-state index in [0.717, 1.165) is 12.0 Å². The van der Waals surface area contributed by atoms with E-state index in [4.69, 9.17) is 4.52 Å². The molecule has 3 aromatic rings. The molecule has 0 spiro atoms. The summed E-state index contributed by atoms with van der Waals surface area (Å²) in [4.78, 5) is 20.2. The van der Waals surface area contributed by atoms with Crippen LogP contribution in [0.4, 0.5) is 5.69 Å². The number of hydrogen-bond acceptors (Lipinski definition) is 5. The first-order valence-corrected chi connectivity index (χ1v) is 6.90. The molecule has 6 heteroatoms. The summed E-state index contributed by atoms with van der Waals surface area (Å²) in [5, 5.41) is 6.68. The summed E-state index contributed by atoms with van der Waals surface area (Å²) in [6, 6.07) is 10.6. The fourth-order valence-electron chi connectivity index (χ4n) is 1.92. The molecule has 0 bridgehead atoms. The lowest BCUT2D eigenvalue weighted by molar-refractivity contribution is 0.102. The molecule has 0 unspecified atom stereocenters. The number of rotatable bonds is 4. The zero-order valence-corrected chi connectivity index (χ0v) is 12.0. The normalized spacial score (nSPS) is 10.4. The molecule has 110 valence electrons. The van der Waals surface area contributed by atoms with Crippen LogP contribution in [0.25, 0.3) is 11.5 Å². The first-order valence-electron chi connectivity index (χ1n) is 6.90. The number of carbonyl (C=O) groups is 1. The Morgan fingerprint density at radius 3 is 2.50 bits per heavy atom. The minimum atomic E-state index is -0.179. The third-order valence-electron chi connectivity index (χ3n) is 3.12. The van der Waals surface area contributed by atoms with Gasteiger partial charge in [0.15, 0.2) is 5.82 Å². The average Bonchev–Trinajstić information content (AvgIpc) is 3.05. The number of pyridine rings is 1. The van der Waals surface area contributed by atoms with Gasteiger partial charge in [-0.15, -0.1) is 0 Å². The van der Waals surface area contributed by atoms with Gasteiger partial charge in [-0.3, -0.25) is 9.78 Å². The van der Waals surface area contributed by atoms with Gasteiger partial charge in [-0.25, -0.2) is 0 Å². The molecular weight excluding hydrogens is 280 g/mol. The minimum absolute atomic E-state index is 0.179. The lowest BCUT2D eigenvalue weighted by atomic mass is 10.2. The van der Waals surface area contributed by atoms with Gasteiger partial charge in [0.2, 0.25) is 0 Å². The number of carbonyl (C=O) groups excluding carboxylic acids is 1. The molecule has 0 atom stereocenters. The topological polar surface area (TPSA) is 80.9 Å². The van der Waals surface area contributed by atoms with Gasteiger partial charge >= 0.3 is 0 Å². The summed E-state index contributed by atoms with van der Waals surface area (Å²) in [5.41, 5.74) is 2.07. The van der Waals surface area contributed by atoms with E-state index in [2.05, 4.69) is 20.4 Å². The van der Waals surface area contributed by atoms with E-state index >= 15 is 0 Å². The second-order valence-corrected chi connectivity index (χ2v) is 4.64. The van der Waals surface area contributed by atoms with Gasteiger partial charge < -0.3 is 9.84 Å². The van der Waals surface area contributed by atoms with E-state index in [1.54, 1.807) is 36.7 Å². The number of amides is 1. The van der Waals surface area contributed by atoms with Crippen LogP contribution in [0.15, 0.2) is 53.3 Å². The molecule has 0 aliphatic heterocycles. The fourth-order valence-corrected chi connectivity index (χ4v) is 1.92. The average molecular weight is 294 g/mol. The van der Waals surface area contributed by atoms with Crippen molar-refractivity contribution in [1.29, 1.82) is 0 Å². The number of nitrogens with one attached hydrogen (secondary N) is 1.